The predicted molar refractivity (Wildman–Crippen MR) is 103 cm³/mol. The number of methoxy groups -OCH3 is 1. The van der Waals surface area contributed by atoms with Crippen LogP contribution in [0.2, 0.25) is 0 Å². The van der Waals surface area contributed by atoms with Crippen LogP contribution in [0.3, 0.4) is 0 Å². The quantitative estimate of drug-likeness (QED) is 0.553. The molecule has 152 valence electrons. The highest BCUT2D eigenvalue weighted by Gasteiger charge is 2.39. The van der Waals surface area contributed by atoms with Crippen LogP contribution in [0.15, 0.2) is 35.1 Å². The maximum Gasteiger partial charge on any atom is 0.312 e. The smallest absolute Gasteiger partial charge is 0.312 e. The predicted octanol–water partition coefficient (Wildman–Crippen LogP) is 2.11. The molecular weight excluding hydrogens is 386 g/mol. The van der Waals surface area contributed by atoms with Crippen LogP contribution < -0.4 is 4.74 Å². The van der Waals surface area contributed by atoms with Crippen LogP contribution in [0, 0.1) is 0 Å². The van der Waals surface area contributed by atoms with Gasteiger partial charge in [-0.05, 0) is 31.0 Å². The second kappa shape index (κ2) is 6.41. The first kappa shape index (κ1) is 17.2. The number of imidazole rings is 1. The Hall–Kier alpha value is -3.69. The topological polar surface area (TPSA) is 114 Å². The summed E-state index contributed by atoms with van der Waals surface area (Å²) in [5.41, 5.74) is 3.29. The number of hydrogen-bond donors (Lipinski definition) is 1. The van der Waals surface area contributed by atoms with Gasteiger partial charge in [0, 0.05) is 30.8 Å². The first-order valence-corrected chi connectivity index (χ1v) is 9.91. The molecule has 4 aromatic heterocycles. The van der Waals surface area contributed by atoms with Gasteiger partial charge in [-0.2, -0.15) is 5.10 Å². The SMILES string of the molecule is COc1cccn2nc([C@H]3c4nc[nH]c4CCN3C(=O)c3nnc(C4CC4)o3)cc12. The van der Waals surface area contributed by atoms with Crippen LogP contribution in [0.5, 0.6) is 5.75 Å². The van der Waals surface area contributed by atoms with Crippen molar-refractivity contribution in [1.82, 2.24) is 34.7 Å². The second-order valence-corrected chi connectivity index (χ2v) is 7.61. The van der Waals surface area contributed by atoms with E-state index in [1.807, 2.05) is 24.4 Å². The first-order valence-electron chi connectivity index (χ1n) is 9.91. The number of fused-ring (bicyclic) bond motifs is 2. The van der Waals surface area contributed by atoms with E-state index < -0.39 is 6.04 Å². The van der Waals surface area contributed by atoms with Gasteiger partial charge in [0.2, 0.25) is 5.89 Å². The highest BCUT2D eigenvalue weighted by atomic mass is 16.5. The first-order chi connectivity index (χ1) is 14.7. The summed E-state index contributed by atoms with van der Waals surface area (Å²) in [4.78, 5) is 22.7. The van der Waals surface area contributed by atoms with E-state index in [0.29, 0.717) is 36.2 Å². The van der Waals surface area contributed by atoms with E-state index in [1.165, 1.54) is 0 Å². The summed E-state index contributed by atoms with van der Waals surface area (Å²) in [5, 5.41) is 12.8. The van der Waals surface area contributed by atoms with Crippen molar-refractivity contribution < 1.29 is 13.9 Å². The molecular formula is C20H19N7O3. The number of aromatic amines is 1. The second-order valence-electron chi connectivity index (χ2n) is 7.61. The summed E-state index contributed by atoms with van der Waals surface area (Å²) in [6, 6.07) is 5.21. The Morgan fingerprint density at radius 3 is 3.07 bits per heavy atom. The van der Waals surface area contributed by atoms with E-state index in [0.717, 1.165) is 29.7 Å². The van der Waals surface area contributed by atoms with Crippen molar-refractivity contribution >= 4 is 11.4 Å². The third kappa shape index (κ3) is 2.60. The van der Waals surface area contributed by atoms with Gasteiger partial charge in [-0.3, -0.25) is 4.79 Å². The van der Waals surface area contributed by atoms with Gasteiger partial charge in [0.25, 0.3) is 0 Å². The molecule has 0 radical (unpaired) electrons. The van der Waals surface area contributed by atoms with E-state index in [2.05, 4.69) is 20.2 Å². The number of carbonyl (C=O) groups excluding carboxylic acids is 1. The van der Waals surface area contributed by atoms with Crippen molar-refractivity contribution in [3.05, 3.63) is 59.6 Å². The van der Waals surface area contributed by atoms with Crippen LogP contribution >= 0.6 is 0 Å². The summed E-state index contributed by atoms with van der Waals surface area (Å²) < 4.78 is 12.9. The number of pyridine rings is 1. The fourth-order valence-electron chi connectivity index (χ4n) is 4.05. The van der Waals surface area contributed by atoms with Gasteiger partial charge in [0.15, 0.2) is 0 Å². The Kier molecular flexibility index (Phi) is 3.67. The highest BCUT2D eigenvalue weighted by molar-refractivity contribution is 5.90. The van der Waals surface area contributed by atoms with E-state index >= 15 is 0 Å². The van der Waals surface area contributed by atoms with Gasteiger partial charge in [0.1, 0.15) is 17.3 Å². The van der Waals surface area contributed by atoms with Crippen LogP contribution in [-0.4, -0.2) is 54.2 Å². The molecule has 1 aliphatic heterocycles. The van der Waals surface area contributed by atoms with Crippen LogP contribution in [0.1, 0.15) is 58.5 Å². The standard InChI is InChI=1S/C20H19N7O3/c1-29-15-3-2-7-27-14(15)9-13(25-27)17-16-12(21-10-22-16)6-8-26(17)20(28)19-24-23-18(30-19)11-4-5-11/h2-3,7,9-11,17H,4-6,8H2,1H3,(H,21,22)/t17-/m0/s1. The lowest BCUT2D eigenvalue weighted by molar-refractivity contribution is 0.0644. The van der Waals surface area contributed by atoms with Crippen molar-refractivity contribution in [2.75, 3.05) is 13.7 Å². The molecule has 0 saturated heterocycles. The Labute approximate surface area is 170 Å². The van der Waals surface area contributed by atoms with Gasteiger partial charge in [-0.1, -0.05) is 0 Å². The minimum atomic E-state index is -0.464. The summed E-state index contributed by atoms with van der Waals surface area (Å²) in [6.07, 6.45) is 6.23. The zero-order chi connectivity index (χ0) is 20.2. The number of H-pyrrole nitrogens is 1. The van der Waals surface area contributed by atoms with Crippen molar-refractivity contribution in [3.8, 4) is 5.75 Å². The number of amides is 1. The molecule has 0 bridgehead atoms. The van der Waals surface area contributed by atoms with Crippen molar-refractivity contribution in [1.29, 1.82) is 0 Å². The van der Waals surface area contributed by atoms with E-state index in [1.54, 1.807) is 22.9 Å². The molecule has 1 amide bonds. The molecule has 10 heteroatoms. The average Bonchev–Trinajstić information content (AvgIpc) is 3.19. The van der Waals surface area contributed by atoms with Crippen LogP contribution in [0.25, 0.3) is 5.52 Å². The van der Waals surface area contributed by atoms with Gasteiger partial charge in [0.05, 0.1) is 24.8 Å². The molecule has 1 N–H and O–H groups in total. The third-order valence-corrected chi connectivity index (χ3v) is 5.72. The third-order valence-electron chi connectivity index (χ3n) is 5.72. The summed E-state index contributed by atoms with van der Waals surface area (Å²) in [5.74, 6) is 1.25. The minimum Gasteiger partial charge on any atom is -0.494 e. The monoisotopic (exact) mass is 405 g/mol. The maximum atomic E-state index is 13.3. The summed E-state index contributed by atoms with van der Waals surface area (Å²) in [6.45, 7) is 0.491. The summed E-state index contributed by atoms with van der Waals surface area (Å²) in [7, 11) is 1.62. The zero-order valence-electron chi connectivity index (χ0n) is 16.3. The number of nitrogens with zero attached hydrogens (tertiary/aromatic N) is 6. The highest BCUT2D eigenvalue weighted by Crippen LogP contribution is 2.40. The van der Waals surface area contributed by atoms with Gasteiger partial charge in [-0.25, -0.2) is 9.50 Å². The molecule has 6 rings (SSSR count). The number of nitrogens with one attached hydrogen (secondary N) is 1. The molecule has 2 aliphatic rings. The van der Waals surface area contributed by atoms with Crippen molar-refractivity contribution in [3.63, 3.8) is 0 Å². The lowest BCUT2D eigenvalue weighted by Crippen LogP contribution is -2.41. The number of aromatic nitrogens is 6. The Morgan fingerprint density at radius 2 is 2.23 bits per heavy atom. The number of hydrogen-bond acceptors (Lipinski definition) is 7. The molecule has 0 spiro atoms. The Morgan fingerprint density at radius 1 is 1.33 bits per heavy atom. The molecule has 1 saturated carbocycles. The van der Waals surface area contributed by atoms with Crippen LogP contribution in [0.4, 0.5) is 0 Å². The maximum absolute atomic E-state index is 13.3. The van der Waals surface area contributed by atoms with Gasteiger partial charge < -0.3 is 19.0 Å². The molecule has 1 aliphatic carbocycles. The van der Waals surface area contributed by atoms with Gasteiger partial charge >= 0.3 is 11.8 Å². The Balaban J connectivity index is 1.44. The molecule has 1 fully saturated rings. The van der Waals surface area contributed by atoms with E-state index in [4.69, 9.17) is 14.3 Å². The van der Waals surface area contributed by atoms with E-state index in [-0.39, 0.29) is 11.8 Å². The average molecular weight is 405 g/mol. The number of ether oxygens (including phenoxy) is 1. The fraction of sp³-hybridized carbons (Fsp3) is 0.350. The molecule has 4 aromatic rings. The molecule has 10 nitrogen and oxygen atoms in total. The fourth-order valence-corrected chi connectivity index (χ4v) is 4.05. The van der Waals surface area contributed by atoms with Crippen LogP contribution in [-0.2, 0) is 6.42 Å². The minimum absolute atomic E-state index is 0.0160. The van der Waals surface area contributed by atoms with Gasteiger partial charge in [-0.15, -0.1) is 10.2 Å². The molecule has 0 unspecified atom stereocenters. The lowest BCUT2D eigenvalue weighted by Gasteiger charge is -2.32. The Bertz CT molecular complexity index is 1250. The molecule has 1 atom stereocenters. The zero-order valence-corrected chi connectivity index (χ0v) is 16.3. The van der Waals surface area contributed by atoms with Crippen molar-refractivity contribution in [2.45, 2.75) is 31.2 Å². The summed E-state index contributed by atoms with van der Waals surface area (Å²) >= 11 is 0. The number of carbonyl (C=O) groups is 1. The van der Waals surface area contributed by atoms with E-state index in [9.17, 15) is 4.79 Å². The number of rotatable bonds is 4. The largest absolute Gasteiger partial charge is 0.494 e. The van der Waals surface area contributed by atoms with Crippen molar-refractivity contribution in [2.24, 2.45) is 0 Å². The molecule has 0 aromatic carbocycles. The molecule has 30 heavy (non-hydrogen) atoms. The molecule has 5 heterocycles. The normalized spacial score (nSPS) is 18.6. The lowest BCUT2D eigenvalue weighted by atomic mass is 9.99.